The third-order valence-electron chi connectivity index (χ3n) is 3.24. The molecule has 88 valence electrons. The maximum absolute atomic E-state index is 5.81. The number of rotatable bonds is 2. The zero-order valence-electron chi connectivity index (χ0n) is 10.1. The fourth-order valence-electron chi connectivity index (χ4n) is 2.32. The maximum atomic E-state index is 5.81. The Kier molecular flexibility index (Phi) is 3.22. The van der Waals surface area contributed by atoms with Gasteiger partial charge >= 0.3 is 0 Å². The largest absolute Gasteiger partial charge is 0.495 e. The molecule has 1 unspecified atom stereocenters. The number of nitrogen functional groups attached to an aromatic ring is 1. The number of piperidine rings is 1. The second kappa shape index (κ2) is 4.64. The van der Waals surface area contributed by atoms with E-state index in [4.69, 9.17) is 10.5 Å². The van der Waals surface area contributed by atoms with E-state index < -0.39 is 0 Å². The van der Waals surface area contributed by atoms with Gasteiger partial charge in [-0.1, -0.05) is 6.92 Å². The van der Waals surface area contributed by atoms with Crippen molar-refractivity contribution in [2.24, 2.45) is 5.92 Å². The minimum Gasteiger partial charge on any atom is -0.495 e. The SMILES string of the molecule is COc1cc(N2CCCC(C)C2)ccc1N. The molecule has 3 heteroatoms. The highest BCUT2D eigenvalue weighted by molar-refractivity contribution is 5.62. The minimum absolute atomic E-state index is 0.705. The first-order valence-electron chi connectivity index (χ1n) is 5.89. The van der Waals surface area contributed by atoms with Crippen molar-refractivity contribution in [3.8, 4) is 5.75 Å². The molecule has 2 N–H and O–H groups in total. The van der Waals surface area contributed by atoms with Crippen molar-refractivity contribution >= 4 is 11.4 Å². The highest BCUT2D eigenvalue weighted by Crippen LogP contribution is 2.29. The van der Waals surface area contributed by atoms with E-state index in [1.54, 1.807) is 7.11 Å². The first kappa shape index (κ1) is 11.1. The number of hydrogen-bond acceptors (Lipinski definition) is 3. The first-order valence-corrected chi connectivity index (χ1v) is 5.89. The van der Waals surface area contributed by atoms with Crippen LogP contribution in [0.3, 0.4) is 0 Å². The van der Waals surface area contributed by atoms with Gasteiger partial charge < -0.3 is 15.4 Å². The first-order chi connectivity index (χ1) is 7.70. The van der Waals surface area contributed by atoms with E-state index in [0.717, 1.165) is 24.8 Å². The molecule has 1 heterocycles. The Morgan fingerprint density at radius 3 is 2.94 bits per heavy atom. The van der Waals surface area contributed by atoms with Gasteiger partial charge in [0.2, 0.25) is 0 Å². The molecule has 0 spiro atoms. The number of ether oxygens (including phenoxy) is 1. The Bertz CT molecular complexity index is 365. The molecule has 1 aromatic rings. The number of anilines is 2. The maximum Gasteiger partial charge on any atom is 0.143 e. The van der Waals surface area contributed by atoms with Gasteiger partial charge in [-0.25, -0.2) is 0 Å². The molecule has 2 rings (SSSR count). The van der Waals surface area contributed by atoms with Crippen molar-refractivity contribution < 1.29 is 4.74 Å². The monoisotopic (exact) mass is 220 g/mol. The summed E-state index contributed by atoms with van der Waals surface area (Å²) in [7, 11) is 1.66. The standard InChI is InChI=1S/C13H20N2O/c1-10-4-3-7-15(9-10)11-5-6-12(14)13(8-11)16-2/h5-6,8,10H,3-4,7,9,14H2,1-2H3. The highest BCUT2D eigenvalue weighted by Gasteiger charge is 2.17. The minimum atomic E-state index is 0.705. The molecule has 0 radical (unpaired) electrons. The summed E-state index contributed by atoms with van der Waals surface area (Å²) in [6.07, 6.45) is 2.61. The fraction of sp³-hybridized carbons (Fsp3) is 0.538. The number of nitrogens with zero attached hydrogens (tertiary/aromatic N) is 1. The van der Waals surface area contributed by atoms with E-state index >= 15 is 0 Å². The van der Waals surface area contributed by atoms with Crippen molar-refractivity contribution in [2.75, 3.05) is 30.8 Å². The molecule has 0 aromatic heterocycles. The smallest absolute Gasteiger partial charge is 0.143 e. The van der Waals surface area contributed by atoms with Crippen molar-refractivity contribution in [2.45, 2.75) is 19.8 Å². The van der Waals surface area contributed by atoms with Crippen LogP contribution in [0.2, 0.25) is 0 Å². The molecule has 1 aromatic carbocycles. The molecule has 3 nitrogen and oxygen atoms in total. The number of nitrogens with two attached hydrogens (primary N) is 1. The average Bonchev–Trinajstić information content (AvgIpc) is 2.29. The van der Waals surface area contributed by atoms with Crippen molar-refractivity contribution in [1.29, 1.82) is 0 Å². The quantitative estimate of drug-likeness (QED) is 0.778. The summed E-state index contributed by atoms with van der Waals surface area (Å²) in [4.78, 5) is 2.41. The highest BCUT2D eigenvalue weighted by atomic mass is 16.5. The van der Waals surface area contributed by atoms with Crippen LogP contribution >= 0.6 is 0 Å². The third kappa shape index (κ3) is 2.23. The van der Waals surface area contributed by atoms with Gasteiger partial charge in [0.25, 0.3) is 0 Å². The van der Waals surface area contributed by atoms with Crippen molar-refractivity contribution in [3.63, 3.8) is 0 Å². The van der Waals surface area contributed by atoms with Gasteiger partial charge in [-0.15, -0.1) is 0 Å². The molecule has 0 bridgehead atoms. The normalized spacial score (nSPS) is 20.9. The molecule has 1 fully saturated rings. The second-order valence-corrected chi connectivity index (χ2v) is 4.62. The predicted octanol–water partition coefficient (Wildman–Crippen LogP) is 2.51. The van der Waals surface area contributed by atoms with Crippen LogP contribution in [0.4, 0.5) is 11.4 Å². The van der Waals surface area contributed by atoms with Gasteiger partial charge in [-0.3, -0.25) is 0 Å². The Morgan fingerprint density at radius 1 is 1.44 bits per heavy atom. The molecule has 0 aliphatic carbocycles. The van der Waals surface area contributed by atoms with Gasteiger partial charge in [-0.2, -0.15) is 0 Å². The van der Waals surface area contributed by atoms with Crippen LogP contribution in [-0.2, 0) is 0 Å². The summed E-state index contributed by atoms with van der Waals surface area (Å²) >= 11 is 0. The Labute approximate surface area is 97.2 Å². The van der Waals surface area contributed by atoms with Gasteiger partial charge in [0, 0.05) is 24.8 Å². The van der Waals surface area contributed by atoms with E-state index in [1.165, 1.54) is 18.5 Å². The molecular formula is C13H20N2O. The molecule has 0 saturated carbocycles. The molecule has 1 saturated heterocycles. The van der Waals surface area contributed by atoms with Crippen molar-refractivity contribution in [3.05, 3.63) is 18.2 Å². The molecule has 1 aliphatic rings. The molecular weight excluding hydrogens is 200 g/mol. The van der Waals surface area contributed by atoms with Crippen molar-refractivity contribution in [1.82, 2.24) is 0 Å². The lowest BCUT2D eigenvalue weighted by Crippen LogP contribution is -2.34. The number of methoxy groups -OCH3 is 1. The lowest BCUT2D eigenvalue weighted by Gasteiger charge is -2.33. The summed E-state index contributed by atoms with van der Waals surface area (Å²) in [5, 5.41) is 0. The van der Waals surface area contributed by atoms with Crippen LogP contribution in [0, 0.1) is 5.92 Å². The van der Waals surface area contributed by atoms with E-state index in [-0.39, 0.29) is 0 Å². The van der Waals surface area contributed by atoms with Crippen LogP contribution in [-0.4, -0.2) is 20.2 Å². The summed E-state index contributed by atoms with van der Waals surface area (Å²) in [5.41, 5.74) is 7.74. The summed E-state index contributed by atoms with van der Waals surface area (Å²) < 4.78 is 5.25. The van der Waals surface area contributed by atoms with E-state index in [2.05, 4.69) is 17.9 Å². The Balaban J connectivity index is 2.19. The Morgan fingerprint density at radius 2 is 2.25 bits per heavy atom. The molecule has 1 aliphatic heterocycles. The van der Waals surface area contributed by atoms with Crippen LogP contribution in [0.5, 0.6) is 5.75 Å². The van der Waals surface area contributed by atoms with Crippen LogP contribution in [0.15, 0.2) is 18.2 Å². The lowest BCUT2D eigenvalue weighted by atomic mass is 10.00. The van der Waals surface area contributed by atoms with E-state index in [1.807, 2.05) is 12.1 Å². The average molecular weight is 220 g/mol. The Hall–Kier alpha value is -1.38. The molecule has 1 atom stereocenters. The lowest BCUT2D eigenvalue weighted by molar-refractivity contribution is 0.415. The van der Waals surface area contributed by atoms with Crippen LogP contribution in [0.25, 0.3) is 0 Å². The number of hydrogen-bond donors (Lipinski definition) is 1. The van der Waals surface area contributed by atoms with Gasteiger partial charge in [0.1, 0.15) is 5.75 Å². The van der Waals surface area contributed by atoms with E-state index in [9.17, 15) is 0 Å². The molecule has 16 heavy (non-hydrogen) atoms. The van der Waals surface area contributed by atoms with E-state index in [0.29, 0.717) is 5.69 Å². The fourth-order valence-corrected chi connectivity index (χ4v) is 2.32. The zero-order valence-corrected chi connectivity index (χ0v) is 10.1. The summed E-state index contributed by atoms with van der Waals surface area (Å²) in [6, 6.07) is 6.04. The predicted molar refractivity (Wildman–Crippen MR) is 68.0 cm³/mol. The van der Waals surface area contributed by atoms with Gasteiger partial charge in [-0.05, 0) is 30.9 Å². The summed E-state index contributed by atoms with van der Waals surface area (Å²) in [5.74, 6) is 1.55. The second-order valence-electron chi connectivity index (χ2n) is 4.62. The number of benzene rings is 1. The topological polar surface area (TPSA) is 38.5 Å². The summed E-state index contributed by atoms with van der Waals surface area (Å²) in [6.45, 7) is 4.57. The van der Waals surface area contributed by atoms with Gasteiger partial charge in [0.05, 0.1) is 12.8 Å². The zero-order chi connectivity index (χ0) is 11.5. The van der Waals surface area contributed by atoms with Crippen LogP contribution in [0.1, 0.15) is 19.8 Å². The molecule has 0 amide bonds. The van der Waals surface area contributed by atoms with Crippen LogP contribution < -0.4 is 15.4 Å². The third-order valence-corrected chi connectivity index (χ3v) is 3.24. The van der Waals surface area contributed by atoms with Gasteiger partial charge in [0.15, 0.2) is 0 Å².